The summed E-state index contributed by atoms with van der Waals surface area (Å²) in [5.41, 5.74) is 1.60. The number of rotatable bonds is 6. The zero-order valence-electron chi connectivity index (χ0n) is 15.2. The molecule has 0 aliphatic rings. The summed E-state index contributed by atoms with van der Waals surface area (Å²) in [5.74, 6) is -0.575. The van der Waals surface area contributed by atoms with E-state index in [0.717, 1.165) is 17.3 Å². The summed E-state index contributed by atoms with van der Waals surface area (Å²) < 4.78 is 67.7. The van der Waals surface area contributed by atoms with Crippen LogP contribution < -0.4 is 4.72 Å². The van der Waals surface area contributed by atoms with Crippen molar-refractivity contribution in [3.05, 3.63) is 57.1 Å². The molecule has 0 heterocycles. The van der Waals surface area contributed by atoms with Gasteiger partial charge < -0.3 is 0 Å². The molecule has 0 amide bonds. The van der Waals surface area contributed by atoms with Crippen molar-refractivity contribution in [1.29, 1.82) is 0 Å². The smallest absolute Gasteiger partial charge is 0.207 e. The minimum atomic E-state index is -4.77. The highest BCUT2D eigenvalue weighted by Crippen LogP contribution is 2.33. The van der Waals surface area contributed by atoms with Crippen LogP contribution in [0, 0.1) is 20.8 Å². The highest BCUT2D eigenvalue weighted by molar-refractivity contribution is 7.99. The predicted molar refractivity (Wildman–Crippen MR) is 108 cm³/mol. The molecule has 3 nitrogen and oxygen atoms in total. The molecule has 0 radical (unpaired) electrons. The Kier molecular flexibility index (Phi) is 7.37. The van der Waals surface area contributed by atoms with E-state index in [1.165, 1.54) is 18.2 Å². The second kappa shape index (κ2) is 8.83. The van der Waals surface area contributed by atoms with E-state index in [2.05, 4.69) is 0 Å². The standard InChI is InChI=1S/C18H18Cl2F3NO2S2/c1-10-6-11(2)17(12(3)7-10)28(25,26)24-16(18(21,22)23)9-27-15-5-4-13(19)8-14(15)20/h4-8,16,24H,9H2,1-3H3. The Hall–Kier alpha value is -0.930. The highest BCUT2D eigenvalue weighted by atomic mass is 35.5. The van der Waals surface area contributed by atoms with Crippen LogP contribution in [0.25, 0.3) is 0 Å². The van der Waals surface area contributed by atoms with Gasteiger partial charge in [-0.3, -0.25) is 0 Å². The molecule has 0 fully saturated rings. The average molecular weight is 472 g/mol. The van der Waals surface area contributed by atoms with Crippen molar-refractivity contribution in [3.8, 4) is 0 Å². The van der Waals surface area contributed by atoms with E-state index >= 15 is 0 Å². The predicted octanol–water partition coefficient (Wildman–Crippen LogP) is 5.92. The van der Waals surface area contributed by atoms with Crippen LogP contribution in [0.15, 0.2) is 40.1 Å². The van der Waals surface area contributed by atoms with Gasteiger partial charge in [-0.25, -0.2) is 8.42 Å². The monoisotopic (exact) mass is 471 g/mol. The first-order chi connectivity index (χ1) is 12.8. The maximum absolute atomic E-state index is 13.5. The number of sulfonamides is 1. The molecule has 0 saturated carbocycles. The minimum Gasteiger partial charge on any atom is -0.207 e. The van der Waals surface area contributed by atoms with Gasteiger partial charge in [-0.05, 0) is 50.1 Å². The SMILES string of the molecule is Cc1cc(C)c(S(=O)(=O)NC(CSc2ccc(Cl)cc2Cl)C(F)(F)F)c(C)c1. The van der Waals surface area contributed by atoms with Crippen molar-refractivity contribution < 1.29 is 21.6 Å². The molecule has 0 aliphatic carbocycles. The highest BCUT2D eigenvalue weighted by Gasteiger charge is 2.42. The summed E-state index contributed by atoms with van der Waals surface area (Å²) in [5, 5.41) is 0.555. The van der Waals surface area contributed by atoms with E-state index in [0.29, 0.717) is 21.0 Å². The number of nitrogens with one attached hydrogen (secondary N) is 1. The fourth-order valence-electron chi connectivity index (χ4n) is 2.80. The van der Waals surface area contributed by atoms with Gasteiger partial charge in [0.15, 0.2) is 0 Å². The minimum absolute atomic E-state index is 0.137. The van der Waals surface area contributed by atoms with E-state index in [-0.39, 0.29) is 9.92 Å². The van der Waals surface area contributed by atoms with Crippen LogP contribution in [-0.2, 0) is 10.0 Å². The molecule has 2 aromatic rings. The molecular weight excluding hydrogens is 454 g/mol. The van der Waals surface area contributed by atoms with Crippen LogP contribution >= 0.6 is 35.0 Å². The quantitative estimate of drug-likeness (QED) is 0.531. The number of thioether (sulfide) groups is 1. The summed E-state index contributed by atoms with van der Waals surface area (Å²) in [6, 6.07) is 5.36. The van der Waals surface area contributed by atoms with Crippen LogP contribution in [0.5, 0.6) is 0 Å². The first-order valence-electron chi connectivity index (χ1n) is 8.06. The van der Waals surface area contributed by atoms with E-state index in [1.807, 2.05) is 4.72 Å². The van der Waals surface area contributed by atoms with Crippen molar-refractivity contribution in [1.82, 2.24) is 4.72 Å². The lowest BCUT2D eigenvalue weighted by atomic mass is 10.1. The molecule has 0 bridgehead atoms. The second-order valence-corrected chi connectivity index (χ2v) is 9.89. The van der Waals surface area contributed by atoms with Crippen LogP contribution in [0.4, 0.5) is 13.2 Å². The summed E-state index contributed by atoms with van der Waals surface area (Å²) in [4.78, 5) is 0.240. The summed E-state index contributed by atoms with van der Waals surface area (Å²) in [7, 11) is -4.38. The van der Waals surface area contributed by atoms with Gasteiger partial charge in [-0.15, -0.1) is 11.8 Å². The molecule has 0 spiro atoms. The van der Waals surface area contributed by atoms with Gasteiger partial charge >= 0.3 is 6.18 Å². The number of hydrogen-bond acceptors (Lipinski definition) is 3. The zero-order valence-corrected chi connectivity index (χ0v) is 18.3. The van der Waals surface area contributed by atoms with Crippen molar-refractivity contribution >= 4 is 45.0 Å². The van der Waals surface area contributed by atoms with Crippen molar-refractivity contribution in [2.45, 2.75) is 42.8 Å². The lowest BCUT2D eigenvalue weighted by Crippen LogP contribution is -2.47. The number of benzene rings is 2. The van der Waals surface area contributed by atoms with Gasteiger partial charge in [0.05, 0.1) is 9.92 Å². The largest absolute Gasteiger partial charge is 0.405 e. The third-order valence-corrected chi connectivity index (χ3v) is 7.47. The fourth-order valence-corrected chi connectivity index (χ4v) is 6.13. The molecule has 10 heteroatoms. The zero-order chi connectivity index (χ0) is 21.3. The van der Waals surface area contributed by atoms with Gasteiger partial charge in [-0.1, -0.05) is 40.9 Å². The number of hydrogen-bond donors (Lipinski definition) is 1. The van der Waals surface area contributed by atoms with E-state index in [1.54, 1.807) is 32.9 Å². The lowest BCUT2D eigenvalue weighted by Gasteiger charge is -2.23. The fraction of sp³-hybridized carbons (Fsp3) is 0.333. The van der Waals surface area contributed by atoms with Gasteiger partial charge in [0.2, 0.25) is 10.0 Å². The van der Waals surface area contributed by atoms with Gasteiger partial charge in [0.1, 0.15) is 6.04 Å². The maximum Gasteiger partial charge on any atom is 0.405 e. The molecule has 0 saturated heterocycles. The molecule has 1 unspecified atom stereocenters. The van der Waals surface area contributed by atoms with E-state index in [9.17, 15) is 21.6 Å². The van der Waals surface area contributed by atoms with E-state index in [4.69, 9.17) is 23.2 Å². The molecule has 154 valence electrons. The van der Waals surface area contributed by atoms with Crippen molar-refractivity contribution in [3.63, 3.8) is 0 Å². The Balaban J connectivity index is 2.29. The normalized spacial score (nSPS) is 13.6. The Morgan fingerprint density at radius 3 is 2.14 bits per heavy atom. The summed E-state index contributed by atoms with van der Waals surface area (Å²) >= 11 is 12.6. The topological polar surface area (TPSA) is 46.2 Å². The average Bonchev–Trinajstić information content (AvgIpc) is 2.50. The Morgan fingerprint density at radius 1 is 1.07 bits per heavy atom. The van der Waals surface area contributed by atoms with Crippen LogP contribution in [0.3, 0.4) is 0 Å². The van der Waals surface area contributed by atoms with Crippen molar-refractivity contribution in [2.75, 3.05) is 5.75 Å². The summed E-state index contributed by atoms with van der Waals surface area (Å²) in [6.07, 6.45) is -4.77. The van der Waals surface area contributed by atoms with E-state index < -0.39 is 28.0 Å². The number of aryl methyl sites for hydroxylation is 3. The number of alkyl halides is 3. The first-order valence-corrected chi connectivity index (χ1v) is 11.3. The third kappa shape index (κ3) is 5.79. The Morgan fingerprint density at radius 2 is 1.64 bits per heavy atom. The maximum atomic E-state index is 13.5. The van der Waals surface area contributed by atoms with Gasteiger partial charge in [-0.2, -0.15) is 17.9 Å². The van der Waals surface area contributed by atoms with Gasteiger partial charge in [0, 0.05) is 15.7 Å². The molecule has 1 N–H and O–H groups in total. The van der Waals surface area contributed by atoms with Crippen LogP contribution in [-0.4, -0.2) is 26.4 Å². The molecule has 2 rings (SSSR count). The molecule has 0 aromatic heterocycles. The molecule has 1 atom stereocenters. The Bertz CT molecular complexity index is 956. The summed E-state index contributed by atoms with van der Waals surface area (Å²) in [6.45, 7) is 4.90. The van der Waals surface area contributed by atoms with Crippen molar-refractivity contribution in [2.24, 2.45) is 0 Å². The Labute approximate surface area is 176 Å². The molecular formula is C18H18Cl2F3NO2S2. The molecule has 0 aliphatic heterocycles. The molecule has 28 heavy (non-hydrogen) atoms. The van der Waals surface area contributed by atoms with Gasteiger partial charge in [0.25, 0.3) is 0 Å². The third-order valence-electron chi connectivity index (χ3n) is 3.87. The van der Waals surface area contributed by atoms with Crippen LogP contribution in [0.1, 0.15) is 16.7 Å². The van der Waals surface area contributed by atoms with Crippen LogP contribution in [0.2, 0.25) is 10.0 Å². The number of halogens is 5. The molecule has 2 aromatic carbocycles. The lowest BCUT2D eigenvalue weighted by molar-refractivity contribution is -0.145. The first kappa shape index (κ1) is 23.3. The second-order valence-electron chi connectivity index (χ2n) is 6.33.